The van der Waals surface area contributed by atoms with Crippen LogP contribution in [0.4, 0.5) is 5.82 Å². The minimum Gasteiger partial charge on any atom is -0.357 e. The highest BCUT2D eigenvalue weighted by Gasteiger charge is 2.26. The summed E-state index contributed by atoms with van der Waals surface area (Å²) in [6, 6.07) is 16.1. The van der Waals surface area contributed by atoms with Crippen LogP contribution in [0, 0.1) is 0 Å². The molecule has 6 heteroatoms. The summed E-state index contributed by atoms with van der Waals surface area (Å²) < 4.78 is 0. The van der Waals surface area contributed by atoms with Crippen LogP contribution < -0.4 is 15.5 Å². The molecule has 2 unspecified atom stereocenters. The Morgan fingerprint density at radius 3 is 2.65 bits per heavy atom. The maximum absolute atomic E-state index is 4.56. The predicted molar refractivity (Wildman–Crippen MR) is 128 cm³/mol. The molecule has 2 aromatic rings. The zero-order valence-electron chi connectivity index (χ0n) is 18.9. The van der Waals surface area contributed by atoms with E-state index in [4.69, 9.17) is 0 Å². The van der Waals surface area contributed by atoms with E-state index in [1.807, 2.05) is 13.2 Å². The molecule has 0 spiro atoms. The van der Waals surface area contributed by atoms with Gasteiger partial charge in [-0.3, -0.25) is 9.89 Å². The van der Waals surface area contributed by atoms with E-state index in [2.05, 4.69) is 79.8 Å². The lowest BCUT2D eigenvalue weighted by atomic mass is 9.97. The Balaban J connectivity index is 1.26. The van der Waals surface area contributed by atoms with Crippen LogP contribution in [-0.2, 0) is 13.1 Å². The van der Waals surface area contributed by atoms with Crippen LogP contribution >= 0.6 is 0 Å². The van der Waals surface area contributed by atoms with Crippen LogP contribution in [-0.4, -0.2) is 54.6 Å². The van der Waals surface area contributed by atoms with Crippen molar-refractivity contribution < 1.29 is 0 Å². The third-order valence-electron chi connectivity index (χ3n) is 6.51. The van der Waals surface area contributed by atoms with Crippen molar-refractivity contribution in [1.29, 1.82) is 0 Å². The second-order valence-corrected chi connectivity index (χ2v) is 8.81. The van der Waals surface area contributed by atoms with Gasteiger partial charge in [-0.15, -0.1) is 0 Å². The van der Waals surface area contributed by atoms with E-state index >= 15 is 0 Å². The summed E-state index contributed by atoms with van der Waals surface area (Å²) in [5, 5.41) is 7.14. The summed E-state index contributed by atoms with van der Waals surface area (Å²) in [7, 11) is 1.85. The van der Waals surface area contributed by atoms with Gasteiger partial charge < -0.3 is 15.5 Å². The molecule has 1 aromatic heterocycles. The van der Waals surface area contributed by atoms with Gasteiger partial charge in [0.05, 0.1) is 0 Å². The number of aromatic nitrogens is 1. The van der Waals surface area contributed by atoms with Crippen molar-refractivity contribution in [2.24, 2.45) is 4.99 Å². The van der Waals surface area contributed by atoms with E-state index in [1.165, 1.54) is 24.0 Å². The number of nitrogens with one attached hydrogen (secondary N) is 2. The molecule has 4 rings (SSSR count). The molecule has 2 aliphatic rings. The summed E-state index contributed by atoms with van der Waals surface area (Å²) in [5.74, 6) is 1.98. The van der Waals surface area contributed by atoms with E-state index in [9.17, 15) is 0 Å². The average Bonchev–Trinajstić information content (AvgIpc) is 3.34. The van der Waals surface area contributed by atoms with Crippen LogP contribution in [0.2, 0.25) is 0 Å². The molecule has 0 aliphatic carbocycles. The monoisotopic (exact) mass is 420 g/mol. The van der Waals surface area contributed by atoms with Gasteiger partial charge in [0, 0.05) is 58.1 Å². The highest BCUT2D eigenvalue weighted by Crippen LogP contribution is 2.20. The number of aliphatic imine (C=N–C) groups is 1. The fourth-order valence-electron chi connectivity index (χ4n) is 4.67. The van der Waals surface area contributed by atoms with E-state index in [-0.39, 0.29) is 0 Å². The first kappa shape index (κ1) is 21.6. The van der Waals surface area contributed by atoms with Gasteiger partial charge in [0.1, 0.15) is 5.82 Å². The van der Waals surface area contributed by atoms with Gasteiger partial charge in [-0.25, -0.2) is 4.98 Å². The lowest BCUT2D eigenvalue weighted by molar-refractivity contribution is 0.134. The van der Waals surface area contributed by atoms with Crippen molar-refractivity contribution in [3.8, 4) is 0 Å². The van der Waals surface area contributed by atoms with Gasteiger partial charge in [-0.1, -0.05) is 30.3 Å². The minimum absolute atomic E-state index is 0.450. The third-order valence-corrected chi connectivity index (χ3v) is 6.51. The number of guanidine groups is 1. The van der Waals surface area contributed by atoms with Crippen LogP contribution in [0.5, 0.6) is 0 Å². The molecule has 166 valence electrons. The van der Waals surface area contributed by atoms with Crippen molar-refractivity contribution >= 4 is 11.8 Å². The fourth-order valence-corrected chi connectivity index (χ4v) is 4.67. The average molecular weight is 421 g/mol. The number of likely N-dealkylation sites (tertiary alicyclic amines) is 1. The maximum Gasteiger partial charge on any atom is 0.191 e. The van der Waals surface area contributed by atoms with Crippen molar-refractivity contribution in [1.82, 2.24) is 20.5 Å². The zero-order chi connectivity index (χ0) is 21.5. The van der Waals surface area contributed by atoms with Crippen molar-refractivity contribution in [3.63, 3.8) is 0 Å². The SMILES string of the molecule is CN=C(NCc1ccnc(N2CCCC2)c1)NC1CCN(Cc2ccccc2)C(C)C1. The Kier molecular flexibility index (Phi) is 7.41. The first-order valence-electron chi connectivity index (χ1n) is 11.7. The van der Waals surface area contributed by atoms with Crippen LogP contribution in [0.3, 0.4) is 0 Å². The number of piperidine rings is 1. The lowest BCUT2D eigenvalue weighted by Gasteiger charge is -2.38. The van der Waals surface area contributed by atoms with Crippen LogP contribution in [0.1, 0.15) is 43.7 Å². The Labute approximate surface area is 186 Å². The van der Waals surface area contributed by atoms with Gasteiger partial charge in [0.15, 0.2) is 5.96 Å². The second-order valence-electron chi connectivity index (χ2n) is 8.81. The number of pyridine rings is 1. The first-order valence-corrected chi connectivity index (χ1v) is 11.7. The number of anilines is 1. The molecular weight excluding hydrogens is 384 g/mol. The van der Waals surface area contributed by atoms with Crippen molar-refractivity contribution in [3.05, 3.63) is 59.8 Å². The summed E-state index contributed by atoms with van der Waals surface area (Å²) in [4.78, 5) is 14.0. The third kappa shape index (κ3) is 5.97. The smallest absolute Gasteiger partial charge is 0.191 e. The predicted octanol–water partition coefficient (Wildman–Crippen LogP) is 3.40. The zero-order valence-corrected chi connectivity index (χ0v) is 18.9. The molecule has 2 fully saturated rings. The molecule has 0 radical (unpaired) electrons. The largest absolute Gasteiger partial charge is 0.357 e. The molecule has 2 atom stereocenters. The highest BCUT2D eigenvalue weighted by molar-refractivity contribution is 5.80. The molecule has 0 bridgehead atoms. The quantitative estimate of drug-likeness (QED) is 0.554. The van der Waals surface area contributed by atoms with Gasteiger partial charge >= 0.3 is 0 Å². The standard InChI is InChI=1S/C25H36N6/c1-20-16-23(11-15-31(20)19-21-8-4-3-5-9-21)29-25(26-2)28-18-22-10-12-27-24(17-22)30-13-6-7-14-30/h3-5,8-10,12,17,20,23H,6-7,11,13-16,18-19H2,1-2H3,(H2,26,28,29). The molecule has 31 heavy (non-hydrogen) atoms. The van der Waals surface area contributed by atoms with Gasteiger partial charge in [0.25, 0.3) is 0 Å². The number of hydrogen-bond donors (Lipinski definition) is 2. The van der Waals surface area contributed by atoms with Crippen molar-refractivity contribution in [2.45, 2.75) is 57.8 Å². The molecule has 2 N–H and O–H groups in total. The molecular formula is C25H36N6. The molecule has 6 nitrogen and oxygen atoms in total. The summed E-state index contributed by atoms with van der Waals surface area (Å²) in [5.41, 5.74) is 2.63. The van der Waals surface area contributed by atoms with E-state index in [0.29, 0.717) is 12.1 Å². The Bertz CT molecular complexity index is 846. The molecule has 1 aromatic carbocycles. The first-order chi connectivity index (χ1) is 15.2. The molecule has 2 saturated heterocycles. The molecule has 2 aliphatic heterocycles. The number of benzene rings is 1. The summed E-state index contributed by atoms with van der Waals surface area (Å²) in [6.07, 6.45) is 6.71. The Hall–Kier alpha value is -2.60. The summed E-state index contributed by atoms with van der Waals surface area (Å²) in [6.45, 7) is 7.47. The van der Waals surface area contributed by atoms with Gasteiger partial charge in [0.2, 0.25) is 0 Å². The van der Waals surface area contributed by atoms with E-state index in [1.54, 1.807) is 0 Å². The number of rotatable bonds is 6. The lowest BCUT2D eigenvalue weighted by Crippen LogP contribution is -2.51. The van der Waals surface area contributed by atoms with Crippen LogP contribution in [0.25, 0.3) is 0 Å². The normalized spacial score (nSPS) is 22.5. The van der Waals surface area contributed by atoms with Gasteiger partial charge in [-0.2, -0.15) is 0 Å². The van der Waals surface area contributed by atoms with E-state index in [0.717, 1.165) is 57.3 Å². The van der Waals surface area contributed by atoms with Crippen molar-refractivity contribution in [2.75, 3.05) is 31.6 Å². The Morgan fingerprint density at radius 1 is 1.10 bits per heavy atom. The van der Waals surface area contributed by atoms with E-state index < -0.39 is 0 Å². The second kappa shape index (κ2) is 10.6. The fraction of sp³-hybridized carbons (Fsp3) is 0.520. The van der Waals surface area contributed by atoms with Crippen LogP contribution in [0.15, 0.2) is 53.7 Å². The molecule has 3 heterocycles. The Morgan fingerprint density at radius 2 is 1.90 bits per heavy atom. The highest BCUT2D eigenvalue weighted by atomic mass is 15.2. The molecule has 0 saturated carbocycles. The number of nitrogens with zero attached hydrogens (tertiary/aromatic N) is 4. The van der Waals surface area contributed by atoms with Gasteiger partial charge in [-0.05, 0) is 55.9 Å². The topological polar surface area (TPSA) is 55.8 Å². The summed E-state index contributed by atoms with van der Waals surface area (Å²) >= 11 is 0. The maximum atomic E-state index is 4.56. The number of hydrogen-bond acceptors (Lipinski definition) is 4. The molecule has 0 amide bonds. The minimum atomic E-state index is 0.450.